The number of aromatic nitrogens is 3. The van der Waals surface area contributed by atoms with Gasteiger partial charge in [0.1, 0.15) is 17.1 Å². The van der Waals surface area contributed by atoms with Crippen molar-refractivity contribution < 1.29 is 32.3 Å². The van der Waals surface area contributed by atoms with Gasteiger partial charge in [0.15, 0.2) is 5.13 Å². The van der Waals surface area contributed by atoms with E-state index in [9.17, 15) is 27.6 Å². The van der Waals surface area contributed by atoms with Gasteiger partial charge >= 0.3 is 12.2 Å². The second kappa shape index (κ2) is 14.9. The fourth-order valence-electron chi connectivity index (χ4n) is 7.54. The predicted octanol–water partition coefficient (Wildman–Crippen LogP) is 6.00. The number of amides is 4. The smallest absolute Gasteiger partial charge is 0.433 e. The Hall–Kier alpha value is -5.55. The lowest BCUT2D eigenvalue weighted by Gasteiger charge is -2.40. The van der Waals surface area contributed by atoms with Gasteiger partial charge in [0.2, 0.25) is 5.91 Å². The van der Waals surface area contributed by atoms with E-state index in [0.717, 1.165) is 97.1 Å². The second-order valence-corrected chi connectivity index (χ2v) is 14.9. The highest BCUT2D eigenvalue weighted by Gasteiger charge is 2.33. The van der Waals surface area contributed by atoms with Gasteiger partial charge in [-0.05, 0) is 43.0 Å². The maximum Gasteiger partial charge on any atom is 0.433 e. The zero-order chi connectivity index (χ0) is 38.3. The van der Waals surface area contributed by atoms with E-state index >= 15 is 0 Å². The summed E-state index contributed by atoms with van der Waals surface area (Å²) in [4.78, 5) is 58.8. The van der Waals surface area contributed by atoms with E-state index in [2.05, 4.69) is 41.4 Å². The van der Waals surface area contributed by atoms with Gasteiger partial charge in [-0.25, -0.2) is 14.8 Å². The van der Waals surface area contributed by atoms with Crippen LogP contribution in [0.15, 0.2) is 60.9 Å². The quantitative estimate of drug-likeness (QED) is 0.193. The number of fused-ring (bicyclic) bond motifs is 2. The van der Waals surface area contributed by atoms with Crippen molar-refractivity contribution in [2.45, 2.75) is 25.4 Å². The molecule has 0 radical (unpaired) electrons. The Kier molecular flexibility index (Phi) is 9.89. The molecular weight excluding hydrogens is 736 g/mol. The van der Waals surface area contributed by atoms with E-state index < -0.39 is 23.8 Å². The number of methoxy groups -OCH3 is 1. The van der Waals surface area contributed by atoms with Gasteiger partial charge < -0.3 is 19.9 Å². The van der Waals surface area contributed by atoms with E-state index in [1.807, 2.05) is 18.3 Å². The Bertz CT molecular complexity index is 2270. The van der Waals surface area contributed by atoms with Crippen molar-refractivity contribution in [3.63, 3.8) is 0 Å². The van der Waals surface area contributed by atoms with Crippen molar-refractivity contribution in [3.8, 4) is 5.75 Å². The topological polar surface area (TPSA) is 136 Å². The third kappa shape index (κ3) is 7.58. The van der Waals surface area contributed by atoms with Crippen LogP contribution in [0.2, 0.25) is 0 Å². The number of carbonyl (C=O) groups excluding carboxylic acids is 3. The van der Waals surface area contributed by atoms with E-state index in [1.165, 1.54) is 24.5 Å². The zero-order valence-electron chi connectivity index (χ0n) is 29.9. The Morgan fingerprint density at radius 2 is 1.71 bits per heavy atom. The second-order valence-electron chi connectivity index (χ2n) is 13.9. The molecular formula is C38H38F3N9O4S. The van der Waals surface area contributed by atoms with Crippen LogP contribution in [-0.4, -0.2) is 97.2 Å². The molecule has 17 heteroatoms. The Morgan fingerprint density at radius 3 is 2.45 bits per heavy atom. The third-order valence-electron chi connectivity index (χ3n) is 10.4. The third-order valence-corrected chi connectivity index (χ3v) is 11.5. The number of imide groups is 1. The molecule has 13 nitrogen and oxygen atoms in total. The number of benzene rings is 2. The average Bonchev–Trinajstić information content (AvgIpc) is 3.60. The molecule has 2 aromatic carbocycles. The summed E-state index contributed by atoms with van der Waals surface area (Å²) in [6.07, 6.45) is 1.17. The van der Waals surface area contributed by atoms with Crippen molar-refractivity contribution in [1.82, 2.24) is 25.2 Å². The molecule has 3 aromatic heterocycles. The zero-order valence-corrected chi connectivity index (χ0v) is 30.8. The summed E-state index contributed by atoms with van der Waals surface area (Å²) >= 11 is 1.50. The highest BCUT2D eigenvalue weighted by Crippen LogP contribution is 2.38. The number of alkyl halides is 3. The fraction of sp³-hybridized carbons (Fsp3) is 0.368. The van der Waals surface area contributed by atoms with Gasteiger partial charge in [0.05, 0.1) is 34.9 Å². The van der Waals surface area contributed by atoms with E-state index in [0.29, 0.717) is 35.1 Å². The van der Waals surface area contributed by atoms with Gasteiger partial charge in [-0.1, -0.05) is 29.5 Å². The molecule has 3 fully saturated rings. The minimum Gasteiger partial charge on any atom is -0.494 e. The number of hydrogen-bond donors (Lipinski definition) is 2. The number of nitrogens with one attached hydrogen (secondary N) is 2. The van der Waals surface area contributed by atoms with Crippen molar-refractivity contribution in [2.24, 2.45) is 5.92 Å². The number of pyridine rings is 2. The maximum atomic E-state index is 13.2. The molecule has 3 saturated heterocycles. The Labute approximate surface area is 318 Å². The van der Waals surface area contributed by atoms with Gasteiger partial charge in [-0.2, -0.15) is 13.2 Å². The summed E-state index contributed by atoms with van der Waals surface area (Å²) < 4.78 is 45.8. The summed E-state index contributed by atoms with van der Waals surface area (Å²) in [6, 6.07) is 12.3. The van der Waals surface area contributed by atoms with Crippen LogP contribution in [0, 0.1) is 5.92 Å². The van der Waals surface area contributed by atoms with Crippen molar-refractivity contribution in [1.29, 1.82) is 0 Å². The summed E-state index contributed by atoms with van der Waals surface area (Å²) in [7, 11) is 1.46. The van der Waals surface area contributed by atoms with E-state index in [1.54, 1.807) is 23.2 Å². The highest BCUT2D eigenvalue weighted by molar-refractivity contribution is 7.22. The first-order chi connectivity index (χ1) is 26.5. The van der Waals surface area contributed by atoms with Gasteiger partial charge in [0, 0.05) is 87.5 Å². The predicted molar refractivity (Wildman–Crippen MR) is 204 cm³/mol. The van der Waals surface area contributed by atoms with Crippen molar-refractivity contribution >= 4 is 72.4 Å². The van der Waals surface area contributed by atoms with Crippen LogP contribution in [0.1, 0.15) is 35.4 Å². The Morgan fingerprint density at radius 1 is 0.927 bits per heavy atom. The first-order valence-electron chi connectivity index (χ1n) is 18.1. The number of carbonyl (C=O) groups is 3. The molecule has 4 amide bonds. The molecule has 0 unspecified atom stereocenters. The number of hydrogen-bond acceptors (Lipinski definition) is 11. The lowest BCUT2D eigenvalue weighted by molar-refractivity contribution is -0.141. The van der Waals surface area contributed by atoms with Gasteiger partial charge in [-0.15, -0.1) is 0 Å². The SMILES string of the molecule is COc1cc2nc(N3CCC(CN4CCN(c5cccc6c(N7CCC(=O)NC7=O)cncc56)CC4)CC3)sc2cc1NC(=O)c1cccc(C(F)(F)F)n1. The number of thiazole rings is 1. The molecule has 0 aliphatic carbocycles. The largest absolute Gasteiger partial charge is 0.494 e. The molecule has 286 valence electrons. The molecule has 3 aliphatic heterocycles. The van der Waals surface area contributed by atoms with Gasteiger partial charge in [0.25, 0.3) is 5.91 Å². The highest BCUT2D eigenvalue weighted by atomic mass is 32.1. The normalized spacial score (nSPS) is 17.6. The first-order valence-corrected chi connectivity index (χ1v) is 18.9. The number of piperidine rings is 1. The standard InChI is InChI=1S/C38H38F3N9O4S/c1-54-31-18-28-32(19-27(31)44-35(52)26-5-3-7-33(43-26)38(39,40)41)55-37(45-28)49-11-8-23(9-12-49)22-47-14-16-48(17-15-47)29-6-2-4-24-25(29)20-42-21-30(24)50-13-10-34(51)46-36(50)53/h2-7,18-21,23H,8-17,22H2,1H3,(H,44,52)(H,46,51,53). The molecule has 3 aliphatic rings. The molecule has 5 aromatic rings. The molecule has 8 rings (SSSR count). The van der Waals surface area contributed by atoms with Crippen LogP contribution in [0.5, 0.6) is 5.75 Å². The summed E-state index contributed by atoms with van der Waals surface area (Å²) in [5, 5.41) is 7.84. The molecule has 2 N–H and O–H groups in total. The fourth-order valence-corrected chi connectivity index (χ4v) is 8.58. The van der Waals surface area contributed by atoms with Crippen LogP contribution in [0.3, 0.4) is 0 Å². The average molecular weight is 774 g/mol. The molecule has 0 atom stereocenters. The number of ether oxygens (including phenoxy) is 1. The number of nitrogens with zero attached hydrogens (tertiary/aromatic N) is 7. The summed E-state index contributed by atoms with van der Waals surface area (Å²) in [6.45, 7) is 6.67. The number of rotatable bonds is 8. The summed E-state index contributed by atoms with van der Waals surface area (Å²) in [5.74, 6) is -0.150. The van der Waals surface area contributed by atoms with Crippen molar-refractivity contribution in [3.05, 3.63) is 72.3 Å². The van der Waals surface area contributed by atoms with Gasteiger partial charge in [-0.3, -0.25) is 29.7 Å². The summed E-state index contributed by atoms with van der Waals surface area (Å²) in [5.41, 5.74) is 1.32. The maximum absolute atomic E-state index is 13.2. The first kappa shape index (κ1) is 36.4. The number of urea groups is 1. The Balaban J connectivity index is 0.867. The lowest BCUT2D eigenvalue weighted by atomic mass is 9.96. The lowest BCUT2D eigenvalue weighted by Crippen LogP contribution is -2.49. The van der Waals surface area contributed by atoms with Crippen LogP contribution in [0.25, 0.3) is 21.0 Å². The number of piperazine rings is 1. The minimum absolute atomic E-state index is 0.251. The number of anilines is 4. The number of halogens is 3. The van der Waals surface area contributed by atoms with Crippen LogP contribution in [-0.2, 0) is 11.0 Å². The van der Waals surface area contributed by atoms with E-state index in [-0.39, 0.29) is 18.0 Å². The van der Waals surface area contributed by atoms with Crippen LogP contribution < -0.4 is 30.1 Å². The monoisotopic (exact) mass is 773 g/mol. The molecule has 0 bridgehead atoms. The minimum atomic E-state index is -4.66. The van der Waals surface area contributed by atoms with Crippen molar-refractivity contribution in [2.75, 3.05) is 79.5 Å². The van der Waals surface area contributed by atoms with Crippen LogP contribution in [0.4, 0.5) is 40.2 Å². The molecule has 55 heavy (non-hydrogen) atoms. The molecule has 0 spiro atoms. The molecule has 6 heterocycles. The van der Waals surface area contributed by atoms with Crippen LogP contribution >= 0.6 is 11.3 Å². The van der Waals surface area contributed by atoms with E-state index in [4.69, 9.17) is 9.72 Å². The molecule has 0 saturated carbocycles.